The average molecular weight is 378 g/mol. The number of hydrogen-bond acceptors (Lipinski definition) is 2. The zero-order chi connectivity index (χ0) is 19.6. The lowest BCUT2D eigenvalue weighted by Gasteiger charge is -2.08. The largest absolute Gasteiger partial charge is 0.326 e. The molecule has 136 valence electrons. The molecule has 0 aliphatic carbocycles. The van der Waals surface area contributed by atoms with Crippen LogP contribution in [0, 0.1) is 33.1 Å². The SMILES string of the molecule is C#Cc1cccc(NC(=O)Cc2c(C)nn(-c3ccc(C)c(Cl)c3)c2C)c1. The number of hydrogen-bond donors (Lipinski definition) is 1. The van der Waals surface area contributed by atoms with Crippen molar-refractivity contribution in [3.63, 3.8) is 0 Å². The highest BCUT2D eigenvalue weighted by atomic mass is 35.5. The fourth-order valence-corrected chi connectivity index (χ4v) is 3.12. The van der Waals surface area contributed by atoms with Crippen LogP contribution < -0.4 is 5.32 Å². The maximum atomic E-state index is 12.5. The smallest absolute Gasteiger partial charge is 0.228 e. The molecule has 1 aromatic heterocycles. The lowest BCUT2D eigenvalue weighted by Crippen LogP contribution is -2.15. The number of amides is 1. The molecule has 0 bridgehead atoms. The fourth-order valence-electron chi connectivity index (χ4n) is 2.95. The van der Waals surface area contributed by atoms with E-state index in [9.17, 15) is 4.79 Å². The van der Waals surface area contributed by atoms with Crippen LogP contribution in [0.15, 0.2) is 42.5 Å². The van der Waals surface area contributed by atoms with Crippen LogP contribution >= 0.6 is 11.6 Å². The van der Waals surface area contributed by atoms with Gasteiger partial charge in [-0.1, -0.05) is 29.7 Å². The Hall–Kier alpha value is -3.03. The molecule has 4 nitrogen and oxygen atoms in total. The topological polar surface area (TPSA) is 46.9 Å². The first-order valence-corrected chi connectivity index (χ1v) is 8.95. The van der Waals surface area contributed by atoms with Gasteiger partial charge in [-0.2, -0.15) is 5.10 Å². The molecule has 1 N–H and O–H groups in total. The molecule has 0 saturated carbocycles. The van der Waals surface area contributed by atoms with Gasteiger partial charge in [-0.15, -0.1) is 6.42 Å². The van der Waals surface area contributed by atoms with Crippen molar-refractivity contribution in [3.8, 4) is 18.0 Å². The van der Waals surface area contributed by atoms with Crippen LogP contribution in [0.3, 0.4) is 0 Å². The van der Waals surface area contributed by atoms with Crippen LogP contribution in [-0.2, 0) is 11.2 Å². The van der Waals surface area contributed by atoms with E-state index in [0.717, 1.165) is 33.8 Å². The number of aromatic nitrogens is 2. The third-order valence-corrected chi connectivity index (χ3v) is 4.90. The minimum absolute atomic E-state index is 0.114. The third-order valence-electron chi connectivity index (χ3n) is 4.49. The second kappa shape index (κ2) is 7.69. The second-order valence-corrected chi connectivity index (χ2v) is 6.85. The van der Waals surface area contributed by atoms with Crippen molar-refractivity contribution < 1.29 is 4.79 Å². The molecule has 0 aliphatic rings. The summed E-state index contributed by atoms with van der Waals surface area (Å²) in [7, 11) is 0. The Morgan fingerprint density at radius 3 is 2.70 bits per heavy atom. The minimum Gasteiger partial charge on any atom is -0.326 e. The van der Waals surface area contributed by atoms with Gasteiger partial charge in [0.2, 0.25) is 5.91 Å². The van der Waals surface area contributed by atoms with E-state index < -0.39 is 0 Å². The number of carbonyl (C=O) groups is 1. The van der Waals surface area contributed by atoms with Crippen LogP contribution in [0.1, 0.15) is 28.1 Å². The van der Waals surface area contributed by atoms with Gasteiger partial charge in [0.15, 0.2) is 0 Å². The molecule has 0 unspecified atom stereocenters. The van der Waals surface area contributed by atoms with E-state index in [1.807, 2.05) is 61.9 Å². The minimum atomic E-state index is -0.114. The van der Waals surface area contributed by atoms with Crippen molar-refractivity contribution in [3.05, 3.63) is 75.6 Å². The predicted molar refractivity (Wildman–Crippen MR) is 109 cm³/mol. The Kier molecular flexibility index (Phi) is 5.34. The highest BCUT2D eigenvalue weighted by molar-refractivity contribution is 6.31. The quantitative estimate of drug-likeness (QED) is 0.675. The monoisotopic (exact) mass is 377 g/mol. The van der Waals surface area contributed by atoms with E-state index in [4.69, 9.17) is 18.0 Å². The number of benzene rings is 2. The van der Waals surface area contributed by atoms with Crippen LogP contribution in [0.2, 0.25) is 5.02 Å². The van der Waals surface area contributed by atoms with Gasteiger partial charge >= 0.3 is 0 Å². The summed E-state index contributed by atoms with van der Waals surface area (Å²) in [5.41, 5.74) is 5.93. The van der Waals surface area contributed by atoms with Crippen molar-refractivity contribution in [1.82, 2.24) is 9.78 Å². The summed E-state index contributed by atoms with van der Waals surface area (Å²) < 4.78 is 1.82. The van der Waals surface area contributed by atoms with Gasteiger partial charge in [0, 0.05) is 27.5 Å². The molecule has 0 radical (unpaired) electrons. The summed E-state index contributed by atoms with van der Waals surface area (Å²) in [6.45, 7) is 5.81. The molecule has 0 saturated heterocycles. The average Bonchev–Trinajstić information content (AvgIpc) is 2.92. The molecule has 3 aromatic rings. The second-order valence-electron chi connectivity index (χ2n) is 6.44. The van der Waals surface area contributed by atoms with Crippen molar-refractivity contribution in [2.75, 3.05) is 5.32 Å². The van der Waals surface area contributed by atoms with Crippen molar-refractivity contribution in [2.24, 2.45) is 0 Å². The van der Waals surface area contributed by atoms with E-state index in [1.165, 1.54) is 0 Å². The molecule has 0 aliphatic heterocycles. The van der Waals surface area contributed by atoms with Crippen molar-refractivity contribution in [1.29, 1.82) is 0 Å². The summed E-state index contributed by atoms with van der Waals surface area (Å²) in [5.74, 6) is 2.45. The maximum Gasteiger partial charge on any atom is 0.228 e. The molecule has 3 rings (SSSR count). The number of nitrogens with zero attached hydrogens (tertiary/aromatic N) is 2. The van der Waals surface area contributed by atoms with Crippen LogP contribution in [0.4, 0.5) is 5.69 Å². The molecule has 1 heterocycles. The Bertz CT molecular complexity index is 1060. The van der Waals surface area contributed by atoms with Gasteiger partial charge in [-0.05, 0) is 56.7 Å². The normalized spacial score (nSPS) is 10.5. The summed E-state index contributed by atoms with van der Waals surface area (Å²) in [5, 5.41) is 8.17. The lowest BCUT2D eigenvalue weighted by atomic mass is 10.1. The molecule has 0 fully saturated rings. The molecule has 0 atom stereocenters. The molecular formula is C22H20ClN3O. The Morgan fingerprint density at radius 2 is 2.00 bits per heavy atom. The van der Waals surface area contributed by atoms with Crippen LogP contribution in [0.5, 0.6) is 0 Å². The summed E-state index contributed by atoms with van der Waals surface area (Å²) in [6.07, 6.45) is 5.64. The van der Waals surface area contributed by atoms with Gasteiger partial charge in [0.25, 0.3) is 0 Å². The molecule has 0 spiro atoms. The van der Waals surface area contributed by atoms with E-state index in [2.05, 4.69) is 16.3 Å². The maximum absolute atomic E-state index is 12.5. The Labute approximate surface area is 164 Å². The van der Waals surface area contributed by atoms with Crippen LogP contribution in [-0.4, -0.2) is 15.7 Å². The van der Waals surface area contributed by atoms with E-state index >= 15 is 0 Å². The van der Waals surface area contributed by atoms with Gasteiger partial charge in [0.05, 0.1) is 17.8 Å². The highest BCUT2D eigenvalue weighted by Gasteiger charge is 2.16. The first-order valence-electron chi connectivity index (χ1n) is 8.57. The summed E-state index contributed by atoms with van der Waals surface area (Å²) in [6, 6.07) is 13.0. The number of nitrogens with one attached hydrogen (secondary N) is 1. The van der Waals surface area contributed by atoms with E-state index in [0.29, 0.717) is 10.7 Å². The zero-order valence-corrected chi connectivity index (χ0v) is 16.3. The number of terminal acetylenes is 1. The van der Waals surface area contributed by atoms with E-state index in [-0.39, 0.29) is 12.3 Å². The van der Waals surface area contributed by atoms with Gasteiger partial charge < -0.3 is 5.32 Å². The van der Waals surface area contributed by atoms with Crippen molar-refractivity contribution in [2.45, 2.75) is 27.2 Å². The van der Waals surface area contributed by atoms with Gasteiger partial charge in [-0.25, -0.2) is 4.68 Å². The molecular weight excluding hydrogens is 358 g/mol. The number of aryl methyl sites for hydroxylation is 2. The summed E-state index contributed by atoms with van der Waals surface area (Å²) in [4.78, 5) is 12.5. The molecule has 27 heavy (non-hydrogen) atoms. The summed E-state index contributed by atoms with van der Waals surface area (Å²) >= 11 is 6.24. The number of halogens is 1. The first kappa shape index (κ1) is 18.8. The molecule has 1 amide bonds. The number of carbonyl (C=O) groups excluding carboxylic acids is 1. The lowest BCUT2D eigenvalue weighted by molar-refractivity contribution is -0.115. The number of rotatable bonds is 4. The fraction of sp³-hybridized carbons (Fsp3) is 0.182. The van der Waals surface area contributed by atoms with E-state index in [1.54, 1.807) is 6.07 Å². The predicted octanol–water partition coefficient (Wildman–Crippen LogP) is 4.61. The Morgan fingerprint density at radius 1 is 1.22 bits per heavy atom. The van der Waals surface area contributed by atoms with Crippen molar-refractivity contribution >= 4 is 23.2 Å². The number of anilines is 1. The van der Waals surface area contributed by atoms with Gasteiger partial charge in [-0.3, -0.25) is 4.79 Å². The molecule has 5 heteroatoms. The standard InChI is InChI=1S/C22H20ClN3O/c1-5-17-7-6-8-18(11-17)24-22(27)13-20-15(3)25-26(16(20)4)19-10-9-14(2)21(23)12-19/h1,6-12H,13H2,2-4H3,(H,24,27). The van der Waals surface area contributed by atoms with Gasteiger partial charge in [0.1, 0.15) is 0 Å². The molecule has 2 aromatic carbocycles. The Balaban J connectivity index is 1.83. The van der Waals surface area contributed by atoms with Crippen LogP contribution in [0.25, 0.3) is 5.69 Å². The first-order chi connectivity index (χ1) is 12.9. The highest BCUT2D eigenvalue weighted by Crippen LogP contribution is 2.23. The zero-order valence-electron chi connectivity index (χ0n) is 15.5. The third kappa shape index (κ3) is 4.05.